The van der Waals surface area contributed by atoms with Crippen LogP contribution in [0.4, 0.5) is 0 Å². The maximum atomic E-state index is 12.5. The summed E-state index contributed by atoms with van der Waals surface area (Å²) in [5, 5.41) is 7.87. The average Bonchev–Trinajstić information content (AvgIpc) is 2.88. The number of carbonyl (C=O) groups is 2. The van der Waals surface area contributed by atoms with Gasteiger partial charge in [-0.1, -0.05) is 43.6 Å². The summed E-state index contributed by atoms with van der Waals surface area (Å²) < 4.78 is 6.91. The zero-order valence-electron chi connectivity index (χ0n) is 16.4. The van der Waals surface area contributed by atoms with Crippen LogP contribution in [0.1, 0.15) is 48.1 Å². The minimum atomic E-state index is -0.553. The molecule has 0 aliphatic carbocycles. The van der Waals surface area contributed by atoms with E-state index in [1.165, 1.54) is 0 Å². The molecular weight excluding hydrogens is 366 g/mol. The summed E-state index contributed by atoms with van der Waals surface area (Å²) >= 11 is 6.21. The zero-order valence-corrected chi connectivity index (χ0v) is 17.1. The Labute approximate surface area is 164 Å². The number of hydrogen-bond donors (Lipinski definition) is 1. The third kappa shape index (κ3) is 5.32. The third-order valence-electron chi connectivity index (χ3n) is 4.59. The molecule has 7 heteroatoms. The molecule has 6 nitrogen and oxygen atoms in total. The van der Waals surface area contributed by atoms with Gasteiger partial charge in [-0.05, 0) is 38.3 Å². The van der Waals surface area contributed by atoms with E-state index < -0.39 is 5.97 Å². The molecule has 1 aromatic heterocycles. The van der Waals surface area contributed by atoms with Crippen LogP contribution in [0, 0.1) is 19.8 Å². The van der Waals surface area contributed by atoms with Gasteiger partial charge in [0.15, 0.2) is 6.61 Å². The number of amides is 1. The standard InChI is InChI=1S/C20H26ClN3O3/c1-12(2)13(3)22-18(25)11-27-20(26)19-14(4)23-24(15(19)5)10-16-8-6-7-9-17(16)21/h6-9,12-13H,10-11H2,1-5H3,(H,22,25)/t13-/m1/s1. The van der Waals surface area contributed by atoms with E-state index in [1.807, 2.05) is 45.0 Å². The van der Waals surface area contributed by atoms with E-state index >= 15 is 0 Å². The molecule has 0 aliphatic rings. The molecule has 1 heterocycles. The molecule has 0 radical (unpaired) electrons. The number of nitrogens with one attached hydrogen (secondary N) is 1. The summed E-state index contributed by atoms with van der Waals surface area (Å²) in [5.74, 6) is -0.566. The fourth-order valence-electron chi connectivity index (χ4n) is 2.60. The first kappa shape index (κ1) is 21.0. The Morgan fingerprint density at radius 1 is 1.22 bits per heavy atom. The van der Waals surface area contributed by atoms with Crippen molar-refractivity contribution in [3.8, 4) is 0 Å². The molecule has 0 saturated carbocycles. The average molecular weight is 392 g/mol. The van der Waals surface area contributed by atoms with Gasteiger partial charge in [-0.3, -0.25) is 9.48 Å². The SMILES string of the molecule is Cc1nn(Cc2ccccc2Cl)c(C)c1C(=O)OCC(=O)N[C@H](C)C(C)C. The van der Waals surface area contributed by atoms with Crippen LogP contribution in [-0.2, 0) is 16.1 Å². The van der Waals surface area contributed by atoms with Gasteiger partial charge in [-0.15, -0.1) is 0 Å². The van der Waals surface area contributed by atoms with Crippen LogP contribution in [0.5, 0.6) is 0 Å². The quantitative estimate of drug-likeness (QED) is 0.733. The molecule has 0 spiro atoms. The number of halogens is 1. The monoisotopic (exact) mass is 391 g/mol. The van der Waals surface area contributed by atoms with Crippen molar-refractivity contribution in [2.75, 3.05) is 6.61 Å². The van der Waals surface area contributed by atoms with Gasteiger partial charge in [0.2, 0.25) is 0 Å². The topological polar surface area (TPSA) is 73.2 Å². The maximum absolute atomic E-state index is 12.5. The molecule has 0 saturated heterocycles. The van der Waals surface area contributed by atoms with Gasteiger partial charge in [-0.2, -0.15) is 5.10 Å². The van der Waals surface area contributed by atoms with E-state index in [1.54, 1.807) is 18.5 Å². The molecule has 0 bridgehead atoms. The second-order valence-corrected chi connectivity index (χ2v) is 7.38. The van der Waals surface area contributed by atoms with Gasteiger partial charge in [0.05, 0.1) is 17.9 Å². The number of carbonyl (C=O) groups excluding carboxylic acids is 2. The van der Waals surface area contributed by atoms with Gasteiger partial charge in [0.1, 0.15) is 5.56 Å². The molecule has 0 aliphatic heterocycles. The van der Waals surface area contributed by atoms with E-state index in [0.29, 0.717) is 34.4 Å². The third-order valence-corrected chi connectivity index (χ3v) is 4.96. The van der Waals surface area contributed by atoms with Crippen LogP contribution in [0.3, 0.4) is 0 Å². The molecule has 2 aromatic rings. The molecular formula is C20H26ClN3O3. The van der Waals surface area contributed by atoms with Crippen LogP contribution in [-0.4, -0.2) is 34.3 Å². The molecule has 0 unspecified atom stereocenters. The largest absolute Gasteiger partial charge is 0.452 e. The second-order valence-electron chi connectivity index (χ2n) is 6.97. The van der Waals surface area contributed by atoms with E-state index in [4.69, 9.17) is 16.3 Å². The predicted octanol–water partition coefficient (Wildman–Crippen LogP) is 3.52. The maximum Gasteiger partial charge on any atom is 0.342 e. The molecule has 1 amide bonds. The Kier molecular flexibility index (Phi) is 7.02. The first-order chi connectivity index (χ1) is 12.7. The van der Waals surface area contributed by atoms with Crippen molar-refractivity contribution in [3.05, 3.63) is 51.8 Å². The Morgan fingerprint density at radius 2 is 1.89 bits per heavy atom. The molecule has 1 N–H and O–H groups in total. The van der Waals surface area contributed by atoms with Crippen molar-refractivity contribution in [2.45, 2.75) is 47.2 Å². The van der Waals surface area contributed by atoms with Crippen molar-refractivity contribution in [1.82, 2.24) is 15.1 Å². The minimum Gasteiger partial charge on any atom is -0.452 e. The highest BCUT2D eigenvalue weighted by molar-refractivity contribution is 6.31. The molecule has 146 valence electrons. The lowest BCUT2D eigenvalue weighted by molar-refractivity contribution is -0.125. The number of hydrogen-bond acceptors (Lipinski definition) is 4. The lowest BCUT2D eigenvalue weighted by Gasteiger charge is -2.17. The smallest absolute Gasteiger partial charge is 0.342 e. The van der Waals surface area contributed by atoms with E-state index in [9.17, 15) is 9.59 Å². The van der Waals surface area contributed by atoms with Crippen molar-refractivity contribution in [1.29, 1.82) is 0 Å². The molecule has 1 aromatic carbocycles. The summed E-state index contributed by atoms with van der Waals surface area (Å²) in [5.41, 5.74) is 2.52. The summed E-state index contributed by atoms with van der Waals surface area (Å²) in [4.78, 5) is 24.4. The fourth-order valence-corrected chi connectivity index (χ4v) is 2.80. The highest BCUT2D eigenvalue weighted by atomic mass is 35.5. The van der Waals surface area contributed by atoms with E-state index in [2.05, 4.69) is 10.4 Å². The van der Waals surface area contributed by atoms with Crippen LogP contribution in [0.25, 0.3) is 0 Å². The number of ether oxygens (including phenoxy) is 1. The Morgan fingerprint density at radius 3 is 2.52 bits per heavy atom. The summed E-state index contributed by atoms with van der Waals surface area (Å²) in [6.07, 6.45) is 0. The summed E-state index contributed by atoms with van der Waals surface area (Å²) in [7, 11) is 0. The van der Waals surface area contributed by atoms with Gasteiger partial charge in [-0.25, -0.2) is 4.79 Å². The van der Waals surface area contributed by atoms with Crippen molar-refractivity contribution in [2.24, 2.45) is 5.92 Å². The van der Waals surface area contributed by atoms with Crippen molar-refractivity contribution in [3.63, 3.8) is 0 Å². The number of aromatic nitrogens is 2. The number of nitrogens with zero attached hydrogens (tertiary/aromatic N) is 2. The Balaban J connectivity index is 2.06. The number of rotatable bonds is 7. The second kappa shape index (κ2) is 9.04. The summed E-state index contributed by atoms with van der Waals surface area (Å²) in [6.45, 7) is 9.62. The number of esters is 1. The van der Waals surface area contributed by atoms with Gasteiger partial charge in [0, 0.05) is 11.1 Å². The molecule has 2 rings (SSSR count). The van der Waals surface area contributed by atoms with Crippen LogP contribution < -0.4 is 5.32 Å². The van der Waals surface area contributed by atoms with Gasteiger partial charge >= 0.3 is 5.97 Å². The van der Waals surface area contributed by atoms with Gasteiger partial charge < -0.3 is 10.1 Å². The van der Waals surface area contributed by atoms with Gasteiger partial charge in [0.25, 0.3) is 5.91 Å². The van der Waals surface area contributed by atoms with E-state index in [-0.39, 0.29) is 18.6 Å². The van der Waals surface area contributed by atoms with Crippen molar-refractivity contribution < 1.29 is 14.3 Å². The highest BCUT2D eigenvalue weighted by Crippen LogP contribution is 2.20. The Hall–Kier alpha value is -2.34. The highest BCUT2D eigenvalue weighted by Gasteiger charge is 2.21. The first-order valence-electron chi connectivity index (χ1n) is 8.94. The number of benzene rings is 1. The molecule has 0 fully saturated rings. The van der Waals surface area contributed by atoms with Crippen LogP contribution in [0.15, 0.2) is 24.3 Å². The predicted molar refractivity (Wildman–Crippen MR) is 105 cm³/mol. The zero-order chi connectivity index (χ0) is 20.1. The lowest BCUT2D eigenvalue weighted by atomic mass is 10.1. The normalized spacial score (nSPS) is 12.1. The summed E-state index contributed by atoms with van der Waals surface area (Å²) in [6, 6.07) is 7.50. The Bertz CT molecular complexity index is 830. The fraction of sp³-hybridized carbons (Fsp3) is 0.450. The van der Waals surface area contributed by atoms with Crippen molar-refractivity contribution >= 4 is 23.5 Å². The molecule has 27 heavy (non-hydrogen) atoms. The molecule has 1 atom stereocenters. The first-order valence-corrected chi connectivity index (χ1v) is 9.32. The lowest BCUT2D eigenvalue weighted by Crippen LogP contribution is -2.38. The van der Waals surface area contributed by atoms with Crippen LogP contribution in [0.2, 0.25) is 5.02 Å². The van der Waals surface area contributed by atoms with E-state index in [0.717, 1.165) is 5.56 Å². The van der Waals surface area contributed by atoms with Crippen LogP contribution >= 0.6 is 11.6 Å². The number of aryl methyl sites for hydroxylation is 1. The minimum absolute atomic E-state index is 0.0121.